The first-order chi connectivity index (χ1) is 6.06. The molecular formula is C10H18O3. The molecule has 0 saturated carbocycles. The molecule has 0 radical (unpaired) electrons. The molecule has 0 atom stereocenters. The Bertz CT molecular complexity index is 173. The topological polar surface area (TPSA) is 43.4 Å². The number of Topliss-reactive ketones (excluding diaryl/α,β-unsaturated/α-hetero) is 1. The average molecular weight is 186 g/mol. The van der Waals surface area contributed by atoms with Crippen LogP contribution in [0.25, 0.3) is 0 Å². The van der Waals surface area contributed by atoms with Gasteiger partial charge in [0.2, 0.25) is 0 Å². The summed E-state index contributed by atoms with van der Waals surface area (Å²) in [6.45, 7) is 6.24. The van der Waals surface area contributed by atoms with Gasteiger partial charge in [-0.1, -0.05) is 20.8 Å². The minimum Gasteiger partial charge on any atom is -0.465 e. The highest BCUT2D eigenvalue weighted by Crippen LogP contribution is 2.03. The van der Waals surface area contributed by atoms with Crippen LogP contribution in [0.4, 0.5) is 0 Å². The molecule has 76 valence electrons. The zero-order chi connectivity index (χ0) is 10.3. The molecular weight excluding hydrogens is 168 g/mol. The molecule has 0 fully saturated rings. The Morgan fingerprint density at radius 1 is 1.31 bits per heavy atom. The maximum atomic E-state index is 11.1. The third-order valence-electron chi connectivity index (χ3n) is 1.44. The van der Waals surface area contributed by atoms with Crippen molar-refractivity contribution in [2.24, 2.45) is 5.92 Å². The molecule has 13 heavy (non-hydrogen) atoms. The van der Waals surface area contributed by atoms with Gasteiger partial charge in [0.1, 0.15) is 12.2 Å². The van der Waals surface area contributed by atoms with E-state index in [1.165, 1.54) is 0 Å². The van der Waals surface area contributed by atoms with Crippen molar-refractivity contribution in [1.82, 2.24) is 0 Å². The second-order valence-corrected chi connectivity index (χ2v) is 3.53. The second-order valence-electron chi connectivity index (χ2n) is 3.53. The molecule has 0 heterocycles. The third-order valence-corrected chi connectivity index (χ3v) is 1.44. The number of hydrogen-bond acceptors (Lipinski definition) is 3. The number of carbonyl (C=O) groups excluding carboxylic acids is 2. The van der Waals surface area contributed by atoms with Crippen LogP contribution in [0.1, 0.15) is 40.0 Å². The molecule has 0 aromatic heterocycles. The minimum atomic E-state index is -0.396. The number of hydrogen-bond donors (Lipinski definition) is 0. The van der Waals surface area contributed by atoms with Crippen LogP contribution in [-0.4, -0.2) is 18.4 Å². The fourth-order valence-electron chi connectivity index (χ4n) is 0.955. The molecule has 0 aliphatic rings. The van der Waals surface area contributed by atoms with Gasteiger partial charge in [0, 0.05) is 6.42 Å². The van der Waals surface area contributed by atoms with Crippen LogP contribution < -0.4 is 0 Å². The van der Waals surface area contributed by atoms with Crippen LogP contribution in [-0.2, 0) is 14.3 Å². The van der Waals surface area contributed by atoms with Crippen LogP contribution >= 0.6 is 0 Å². The monoisotopic (exact) mass is 186 g/mol. The lowest BCUT2D eigenvalue weighted by Crippen LogP contribution is -2.13. The standard InChI is InChI=1S/C10H18O3/c1-4-5-13-10(12)7-9(11)6-8(2)3/h8H,4-7H2,1-3H3. The van der Waals surface area contributed by atoms with Gasteiger partial charge in [-0.25, -0.2) is 0 Å². The quantitative estimate of drug-likeness (QED) is 0.470. The minimum absolute atomic E-state index is 0.0314. The molecule has 0 aromatic carbocycles. The predicted molar refractivity (Wildman–Crippen MR) is 50.3 cm³/mol. The molecule has 3 nitrogen and oxygen atoms in total. The molecule has 0 rings (SSSR count). The molecule has 0 amide bonds. The summed E-state index contributed by atoms with van der Waals surface area (Å²) in [6, 6.07) is 0. The maximum Gasteiger partial charge on any atom is 0.313 e. The van der Waals surface area contributed by atoms with E-state index in [9.17, 15) is 9.59 Å². The van der Waals surface area contributed by atoms with Crippen LogP contribution in [0.3, 0.4) is 0 Å². The van der Waals surface area contributed by atoms with Crippen molar-refractivity contribution in [1.29, 1.82) is 0 Å². The van der Waals surface area contributed by atoms with Crippen molar-refractivity contribution in [3.8, 4) is 0 Å². The summed E-state index contributed by atoms with van der Waals surface area (Å²) < 4.78 is 4.78. The molecule has 0 N–H and O–H groups in total. The Balaban J connectivity index is 3.59. The summed E-state index contributed by atoms with van der Waals surface area (Å²) >= 11 is 0. The number of ether oxygens (including phenoxy) is 1. The number of ketones is 1. The Labute approximate surface area is 79.5 Å². The van der Waals surface area contributed by atoms with E-state index in [1.807, 2.05) is 20.8 Å². The molecule has 0 spiro atoms. The average Bonchev–Trinajstić information content (AvgIpc) is 1.98. The van der Waals surface area contributed by atoms with Crippen LogP contribution in [0, 0.1) is 5.92 Å². The van der Waals surface area contributed by atoms with Gasteiger partial charge in [-0.3, -0.25) is 9.59 Å². The summed E-state index contributed by atoms with van der Waals surface area (Å²) in [5.41, 5.74) is 0. The largest absolute Gasteiger partial charge is 0.465 e. The van der Waals surface area contributed by atoms with Crippen LogP contribution in [0.2, 0.25) is 0 Å². The van der Waals surface area contributed by atoms with Crippen molar-refractivity contribution in [2.45, 2.75) is 40.0 Å². The van der Waals surface area contributed by atoms with E-state index in [0.717, 1.165) is 6.42 Å². The van der Waals surface area contributed by atoms with Crippen molar-refractivity contribution < 1.29 is 14.3 Å². The van der Waals surface area contributed by atoms with Gasteiger partial charge in [-0.2, -0.15) is 0 Å². The highest BCUT2D eigenvalue weighted by Gasteiger charge is 2.11. The molecule has 0 aliphatic carbocycles. The number of esters is 1. The molecule has 0 aromatic rings. The van der Waals surface area contributed by atoms with E-state index in [2.05, 4.69) is 0 Å². The van der Waals surface area contributed by atoms with Crippen molar-refractivity contribution in [2.75, 3.05) is 6.61 Å². The zero-order valence-electron chi connectivity index (χ0n) is 8.63. The van der Waals surface area contributed by atoms with Crippen LogP contribution in [0.15, 0.2) is 0 Å². The van der Waals surface area contributed by atoms with Gasteiger partial charge >= 0.3 is 5.97 Å². The zero-order valence-corrected chi connectivity index (χ0v) is 8.63. The Morgan fingerprint density at radius 2 is 1.92 bits per heavy atom. The summed E-state index contributed by atoms with van der Waals surface area (Å²) in [6.07, 6.45) is 1.18. The fourth-order valence-corrected chi connectivity index (χ4v) is 0.955. The van der Waals surface area contributed by atoms with Crippen LogP contribution in [0.5, 0.6) is 0 Å². The van der Waals surface area contributed by atoms with Crippen molar-refractivity contribution in [3.05, 3.63) is 0 Å². The summed E-state index contributed by atoms with van der Waals surface area (Å²) in [5.74, 6) is -0.116. The van der Waals surface area contributed by atoms with E-state index in [-0.39, 0.29) is 12.2 Å². The highest BCUT2D eigenvalue weighted by atomic mass is 16.5. The van der Waals surface area contributed by atoms with Gasteiger partial charge in [0.05, 0.1) is 6.61 Å². The smallest absolute Gasteiger partial charge is 0.313 e. The van der Waals surface area contributed by atoms with E-state index in [0.29, 0.717) is 18.9 Å². The Kier molecular flexibility index (Phi) is 6.20. The predicted octanol–water partition coefficient (Wildman–Crippen LogP) is 1.94. The van der Waals surface area contributed by atoms with Crippen molar-refractivity contribution >= 4 is 11.8 Å². The maximum absolute atomic E-state index is 11.1. The number of rotatable bonds is 6. The fraction of sp³-hybridized carbons (Fsp3) is 0.800. The molecule has 0 aliphatic heterocycles. The van der Waals surface area contributed by atoms with Gasteiger partial charge in [0.15, 0.2) is 0 Å². The van der Waals surface area contributed by atoms with Gasteiger partial charge in [-0.05, 0) is 12.3 Å². The third kappa shape index (κ3) is 7.50. The highest BCUT2D eigenvalue weighted by molar-refractivity contribution is 5.95. The molecule has 0 bridgehead atoms. The summed E-state index contributed by atoms with van der Waals surface area (Å²) in [7, 11) is 0. The van der Waals surface area contributed by atoms with E-state index < -0.39 is 5.97 Å². The first-order valence-electron chi connectivity index (χ1n) is 4.73. The SMILES string of the molecule is CCCOC(=O)CC(=O)CC(C)C. The molecule has 0 unspecified atom stereocenters. The Morgan fingerprint density at radius 3 is 2.38 bits per heavy atom. The lowest BCUT2D eigenvalue weighted by molar-refractivity contribution is -0.146. The number of carbonyl (C=O) groups is 2. The van der Waals surface area contributed by atoms with Gasteiger partial charge < -0.3 is 4.74 Å². The lowest BCUT2D eigenvalue weighted by atomic mass is 10.1. The van der Waals surface area contributed by atoms with E-state index in [1.54, 1.807) is 0 Å². The van der Waals surface area contributed by atoms with Gasteiger partial charge in [-0.15, -0.1) is 0 Å². The normalized spacial score (nSPS) is 10.2. The molecule has 0 saturated heterocycles. The first kappa shape index (κ1) is 12.1. The first-order valence-corrected chi connectivity index (χ1v) is 4.73. The van der Waals surface area contributed by atoms with Gasteiger partial charge in [0.25, 0.3) is 0 Å². The lowest BCUT2D eigenvalue weighted by Gasteiger charge is -2.04. The van der Waals surface area contributed by atoms with Crippen molar-refractivity contribution in [3.63, 3.8) is 0 Å². The molecule has 3 heteroatoms. The summed E-state index contributed by atoms with van der Waals surface area (Å²) in [4.78, 5) is 22.1. The van der Waals surface area contributed by atoms with E-state index >= 15 is 0 Å². The van der Waals surface area contributed by atoms with E-state index in [4.69, 9.17) is 4.74 Å². The summed E-state index contributed by atoms with van der Waals surface area (Å²) in [5, 5.41) is 0. The second kappa shape index (κ2) is 6.63. The Hall–Kier alpha value is -0.860.